The summed E-state index contributed by atoms with van der Waals surface area (Å²) in [4.78, 5) is 30.2. The van der Waals surface area contributed by atoms with Crippen molar-refractivity contribution in [2.75, 3.05) is 17.3 Å². The predicted octanol–water partition coefficient (Wildman–Crippen LogP) is 4.03. The number of amides is 2. The maximum Gasteiger partial charge on any atom is 0.274 e. The van der Waals surface area contributed by atoms with Gasteiger partial charge in [-0.25, -0.2) is 13.2 Å². The van der Waals surface area contributed by atoms with Gasteiger partial charge in [0.1, 0.15) is 5.69 Å². The molecule has 1 N–H and O–H groups in total. The van der Waals surface area contributed by atoms with Gasteiger partial charge in [-0.1, -0.05) is 18.2 Å². The minimum Gasteiger partial charge on any atom is -0.318 e. The van der Waals surface area contributed by atoms with Crippen molar-refractivity contribution in [2.45, 2.75) is 0 Å². The maximum atomic E-state index is 13.7. The number of carbonyl (C=O) groups is 2. The lowest BCUT2D eigenvalue weighted by atomic mass is 10.1. The minimum absolute atomic E-state index is 0.178. The van der Waals surface area contributed by atoms with Gasteiger partial charge in [0.25, 0.3) is 11.8 Å². The Morgan fingerprint density at radius 1 is 0.964 bits per heavy atom. The van der Waals surface area contributed by atoms with Crippen LogP contribution in [-0.4, -0.2) is 23.8 Å². The van der Waals surface area contributed by atoms with Crippen molar-refractivity contribution in [2.24, 2.45) is 0 Å². The molecule has 2 aromatic carbocycles. The zero-order chi connectivity index (χ0) is 20.3. The topological polar surface area (TPSA) is 62.3 Å². The van der Waals surface area contributed by atoms with Crippen LogP contribution in [0.2, 0.25) is 0 Å². The van der Waals surface area contributed by atoms with Crippen molar-refractivity contribution < 1.29 is 22.8 Å². The normalized spacial score (nSPS) is 10.4. The second-order valence-corrected chi connectivity index (χ2v) is 5.81. The van der Waals surface area contributed by atoms with Crippen molar-refractivity contribution >= 4 is 23.2 Å². The molecule has 8 heteroatoms. The van der Waals surface area contributed by atoms with Crippen molar-refractivity contribution in [3.8, 4) is 0 Å². The monoisotopic (exact) mass is 385 g/mol. The van der Waals surface area contributed by atoms with Crippen LogP contribution < -0.4 is 10.2 Å². The van der Waals surface area contributed by atoms with Gasteiger partial charge in [-0.05, 0) is 36.4 Å². The molecule has 0 aliphatic carbocycles. The quantitative estimate of drug-likeness (QED) is 0.690. The average molecular weight is 385 g/mol. The molecule has 5 nitrogen and oxygen atoms in total. The summed E-state index contributed by atoms with van der Waals surface area (Å²) in [7, 11) is 1.58. The van der Waals surface area contributed by atoms with E-state index in [0.29, 0.717) is 11.8 Å². The highest BCUT2D eigenvalue weighted by atomic mass is 19.2. The number of anilines is 2. The average Bonchev–Trinajstić information content (AvgIpc) is 2.73. The van der Waals surface area contributed by atoms with Gasteiger partial charge in [-0.15, -0.1) is 0 Å². The van der Waals surface area contributed by atoms with E-state index >= 15 is 0 Å². The molecule has 142 valence electrons. The van der Waals surface area contributed by atoms with Crippen LogP contribution in [0.1, 0.15) is 20.8 Å². The molecular weight excluding hydrogens is 371 g/mol. The standard InChI is InChI=1S/C20H14F3N3O2/c1-26(13-5-3-2-4-6-13)20(28)12-9-10-24-16(11-12)19(27)25-15-8-7-14(21)17(22)18(15)23/h2-11H,1H3,(H,25,27). The third kappa shape index (κ3) is 3.85. The van der Waals surface area contributed by atoms with Gasteiger partial charge in [0, 0.05) is 24.5 Å². The Balaban J connectivity index is 1.82. The largest absolute Gasteiger partial charge is 0.318 e. The van der Waals surface area contributed by atoms with Gasteiger partial charge < -0.3 is 10.2 Å². The number of carbonyl (C=O) groups excluding carboxylic acids is 2. The number of rotatable bonds is 4. The van der Waals surface area contributed by atoms with E-state index in [4.69, 9.17) is 0 Å². The second kappa shape index (κ2) is 7.91. The molecule has 3 aromatic rings. The molecule has 0 saturated heterocycles. The first kappa shape index (κ1) is 19.1. The number of pyridine rings is 1. The van der Waals surface area contributed by atoms with Crippen LogP contribution in [0.3, 0.4) is 0 Å². The lowest BCUT2D eigenvalue weighted by molar-refractivity contribution is 0.0993. The zero-order valence-electron chi connectivity index (χ0n) is 14.6. The molecule has 2 amide bonds. The van der Waals surface area contributed by atoms with E-state index < -0.39 is 29.0 Å². The Morgan fingerprint density at radius 3 is 2.39 bits per heavy atom. The van der Waals surface area contributed by atoms with Crippen LogP contribution >= 0.6 is 0 Å². The van der Waals surface area contributed by atoms with E-state index in [2.05, 4.69) is 10.3 Å². The summed E-state index contributed by atoms with van der Waals surface area (Å²) in [6.07, 6.45) is 1.25. The van der Waals surface area contributed by atoms with Crippen LogP contribution in [0.15, 0.2) is 60.8 Å². The van der Waals surface area contributed by atoms with E-state index in [1.807, 2.05) is 6.07 Å². The zero-order valence-corrected chi connectivity index (χ0v) is 14.6. The highest BCUT2D eigenvalue weighted by molar-refractivity contribution is 6.08. The van der Waals surface area contributed by atoms with Crippen LogP contribution in [-0.2, 0) is 0 Å². The van der Waals surface area contributed by atoms with Gasteiger partial charge >= 0.3 is 0 Å². The fraction of sp³-hybridized carbons (Fsp3) is 0.0500. The molecule has 0 atom stereocenters. The molecule has 0 aliphatic heterocycles. The van der Waals surface area contributed by atoms with Crippen molar-refractivity contribution in [3.63, 3.8) is 0 Å². The van der Waals surface area contributed by atoms with E-state index in [9.17, 15) is 22.8 Å². The Morgan fingerprint density at radius 2 is 1.68 bits per heavy atom. The first-order valence-electron chi connectivity index (χ1n) is 8.12. The molecule has 1 aromatic heterocycles. The Bertz CT molecular complexity index is 1040. The van der Waals surface area contributed by atoms with E-state index in [-0.39, 0.29) is 17.2 Å². The number of benzene rings is 2. The molecular formula is C20H14F3N3O2. The van der Waals surface area contributed by atoms with E-state index in [0.717, 1.165) is 6.07 Å². The molecule has 0 aliphatic rings. The first-order valence-corrected chi connectivity index (χ1v) is 8.12. The number of hydrogen-bond acceptors (Lipinski definition) is 3. The number of nitrogens with zero attached hydrogens (tertiary/aromatic N) is 2. The van der Waals surface area contributed by atoms with Crippen molar-refractivity contribution in [1.82, 2.24) is 4.98 Å². The summed E-state index contributed by atoms with van der Waals surface area (Å²) in [6, 6.07) is 13.1. The van der Waals surface area contributed by atoms with E-state index in [1.165, 1.54) is 23.2 Å². The Labute approximate surface area is 158 Å². The van der Waals surface area contributed by atoms with Gasteiger partial charge in [0.2, 0.25) is 0 Å². The molecule has 0 spiro atoms. The number of aromatic nitrogens is 1. The second-order valence-electron chi connectivity index (χ2n) is 5.81. The molecule has 0 bridgehead atoms. The third-order valence-corrected chi connectivity index (χ3v) is 3.97. The highest BCUT2D eigenvalue weighted by Crippen LogP contribution is 2.20. The molecule has 28 heavy (non-hydrogen) atoms. The summed E-state index contributed by atoms with van der Waals surface area (Å²) >= 11 is 0. The number of nitrogens with one attached hydrogen (secondary N) is 1. The molecule has 0 radical (unpaired) electrons. The SMILES string of the molecule is CN(C(=O)c1ccnc(C(=O)Nc2ccc(F)c(F)c2F)c1)c1ccccc1. The molecule has 0 saturated carbocycles. The van der Waals surface area contributed by atoms with Gasteiger partial charge in [0.15, 0.2) is 17.5 Å². The Kier molecular flexibility index (Phi) is 5.39. The number of halogens is 3. The number of hydrogen-bond donors (Lipinski definition) is 1. The van der Waals surface area contributed by atoms with E-state index in [1.54, 1.807) is 31.3 Å². The lowest BCUT2D eigenvalue weighted by Gasteiger charge is -2.17. The van der Waals surface area contributed by atoms with Crippen LogP contribution in [0.25, 0.3) is 0 Å². The lowest BCUT2D eigenvalue weighted by Crippen LogP contribution is -2.26. The summed E-state index contributed by atoms with van der Waals surface area (Å²) in [5, 5.41) is 2.11. The molecule has 0 unspecified atom stereocenters. The Hall–Kier alpha value is -3.68. The summed E-state index contributed by atoms with van der Waals surface area (Å²) < 4.78 is 40.0. The van der Waals surface area contributed by atoms with Crippen LogP contribution in [0.5, 0.6) is 0 Å². The van der Waals surface area contributed by atoms with Gasteiger partial charge in [-0.2, -0.15) is 0 Å². The van der Waals surface area contributed by atoms with Gasteiger partial charge in [-0.3, -0.25) is 14.6 Å². The fourth-order valence-corrected chi connectivity index (χ4v) is 2.46. The molecule has 1 heterocycles. The maximum absolute atomic E-state index is 13.7. The summed E-state index contributed by atoms with van der Waals surface area (Å²) in [5.74, 6) is -5.85. The van der Waals surface area contributed by atoms with Crippen LogP contribution in [0, 0.1) is 17.5 Å². The first-order chi connectivity index (χ1) is 13.4. The summed E-state index contributed by atoms with van der Waals surface area (Å²) in [5.41, 5.74) is 0.108. The third-order valence-electron chi connectivity index (χ3n) is 3.97. The number of para-hydroxylation sites is 1. The van der Waals surface area contributed by atoms with Gasteiger partial charge in [0.05, 0.1) is 5.69 Å². The summed E-state index contributed by atoms with van der Waals surface area (Å²) in [6.45, 7) is 0. The highest BCUT2D eigenvalue weighted by Gasteiger charge is 2.19. The van der Waals surface area contributed by atoms with Crippen molar-refractivity contribution in [3.05, 3.63) is 89.5 Å². The predicted molar refractivity (Wildman–Crippen MR) is 97.7 cm³/mol. The molecule has 0 fully saturated rings. The van der Waals surface area contributed by atoms with Crippen molar-refractivity contribution in [1.29, 1.82) is 0 Å². The minimum atomic E-state index is -1.70. The smallest absolute Gasteiger partial charge is 0.274 e. The molecule has 3 rings (SSSR count). The van der Waals surface area contributed by atoms with Crippen LogP contribution in [0.4, 0.5) is 24.5 Å². The fourth-order valence-electron chi connectivity index (χ4n) is 2.46.